The Bertz CT molecular complexity index is 815. The number of nitrogens with one attached hydrogen (secondary N) is 1. The first-order valence-electron chi connectivity index (χ1n) is 8.50. The van der Waals surface area contributed by atoms with Crippen molar-refractivity contribution in [3.8, 4) is 0 Å². The highest BCUT2D eigenvalue weighted by molar-refractivity contribution is 7.66. The van der Waals surface area contributed by atoms with E-state index >= 15 is 0 Å². The second-order valence-electron chi connectivity index (χ2n) is 6.21. The predicted molar refractivity (Wildman–Crippen MR) is 99.9 cm³/mol. The molecule has 31 heavy (non-hydrogen) atoms. The minimum atomic E-state index is -5.64. The molecule has 6 atom stereocenters. The van der Waals surface area contributed by atoms with Gasteiger partial charge >= 0.3 is 23.5 Å². The van der Waals surface area contributed by atoms with Crippen molar-refractivity contribution < 1.29 is 60.7 Å². The molecule has 1 saturated heterocycles. The summed E-state index contributed by atoms with van der Waals surface area (Å²) in [5.74, 6) is -0.300. The number of phosphoric ester groups is 1. The fraction of sp³-hybridized carbons (Fsp3) is 0.909. The minimum Gasteiger partial charge on any atom is -0.370 e. The lowest BCUT2D eigenvalue weighted by Crippen LogP contribution is -2.33. The van der Waals surface area contributed by atoms with Gasteiger partial charge in [-0.15, -0.1) is 0 Å². The van der Waals surface area contributed by atoms with E-state index in [1.54, 1.807) is 6.92 Å². The smallest absolute Gasteiger partial charge is 0.370 e. The lowest BCUT2D eigenvalue weighted by Gasteiger charge is -2.23. The van der Waals surface area contributed by atoms with Crippen molar-refractivity contribution in [3.05, 3.63) is 10.4 Å². The molecule has 20 heteroatoms. The molecule has 0 aromatic rings. The van der Waals surface area contributed by atoms with Gasteiger partial charge in [0.1, 0.15) is 12.3 Å². The number of ether oxygens (including phenoxy) is 2. The third-order valence-corrected chi connectivity index (χ3v) is 7.28. The molecule has 0 spiro atoms. The van der Waals surface area contributed by atoms with Crippen molar-refractivity contribution in [2.24, 2.45) is 5.11 Å². The molecule has 1 amide bonds. The summed E-state index contributed by atoms with van der Waals surface area (Å²) in [5.41, 5.74) is 8.67. The number of hydrogen-bond donors (Lipinski definition) is 5. The number of nitrogens with zero attached hydrogens (tertiary/aromatic N) is 3. The Hall–Kier alpha value is -0.890. The molecule has 0 saturated carbocycles. The van der Waals surface area contributed by atoms with Crippen LogP contribution in [0.1, 0.15) is 26.7 Å². The Morgan fingerprint density at radius 1 is 1.26 bits per heavy atom. The zero-order valence-electron chi connectivity index (χ0n) is 16.3. The molecule has 180 valence electrons. The molecule has 0 aliphatic carbocycles. The number of rotatable bonds is 13. The van der Waals surface area contributed by atoms with Gasteiger partial charge in [0, 0.05) is 24.8 Å². The van der Waals surface area contributed by atoms with Crippen LogP contribution in [0, 0.1) is 0 Å². The molecule has 17 nitrogen and oxygen atoms in total. The predicted octanol–water partition coefficient (Wildman–Crippen LogP) is 1.05. The molecular formula is C11H23N4O13P3. The fourth-order valence-corrected chi connectivity index (χ4v) is 5.50. The van der Waals surface area contributed by atoms with Gasteiger partial charge in [0.25, 0.3) is 0 Å². The van der Waals surface area contributed by atoms with Crippen LogP contribution in [0.4, 0.5) is 0 Å². The molecule has 1 rings (SSSR count). The number of carbonyl (C=O) groups is 1. The first-order valence-corrected chi connectivity index (χ1v) is 13.0. The van der Waals surface area contributed by atoms with Gasteiger partial charge in [0.2, 0.25) is 5.91 Å². The van der Waals surface area contributed by atoms with E-state index in [0.29, 0.717) is 0 Å². The lowest BCUT2D eigenvalue weighted by molar-refractivity contribution is -0.119. The Balaban J connectivity index is 2.71. The van der Waals surface area contributed by atoms with Crippen molar-refractivity contribution in [3.63, 3.8) is 0 Å². The Labute approximate surface area is 176 Å². The molecule has 1 aliphatic heterocycles. The summed E-state index contributed by atoms with van der Waals surface area (Å²) in [7, 11) is -16.5. The summed E-state index contributed by atoms with van der Waals surface area (Å²) in [4.78, 5) is 49.3. The fourth-order valence-electron chi connectivity index (χ4n) is 2.47. The molecule has 1 aliphatic rings. The number of azide groups is 1. The van der Waals surface area contributed by atoms with Crippen molar-refractivity contribution in [2.45, 2.75) is 51.2 Å². The van der Waals surface area contributed by atoms with Crippen LogP contribution < -0.4 is 5.32 Å². The van der Waals surface area contributed by atoms with Gasteiger partial charge in [-0.1, -0.05) is 5.11 Å². The first-order chi connectivity index (χ1) is 14.1. The van der Waals surface area contributed by atoms with Crippen LogP contribution in [0.15, 0.2) is 5.11 Å². The van der Waals surface area contributed by atoms with Crippen molar-refractivity contribution in [1.29, 1.82) is 0 Å². The van der Waals surface area contributed by atoms with Crippen LogP contribution in [-0.4, -0.2) is 63.2 Å². The van der Waals surface area contributed by atoms with Gasteiger partial charge < -0.3 is 34.4 Å². The summed E-state index contributed by atoms with van der Waals surface area (Å²) < 4.78 is 56.7. The van der Waals surface area contributed by atoms with Crippen molar-refractivity contribution in [2.75, 3.05) is 13.2 Å². The van der Waals surface area contributed by atoms with Crippen LogP contribution in [0.2, 0.25) is 0 Å². The minimum absolute atomic E-state index is 0.122. The Morgan fingerprint density at radius 3 is 2.45 bits per heavy atom. The molecule has 4 unspecified atom stereocenters. The van der Waals surface area contributed by atoms with Crippen LogP contribution in [0.25, 0.3) is 10.4 Å². The normalized spacial score (nSPS) is 26.3. The second kappa shape index (κ2) is 11.8. The third kappa shape index (κ3) is 12.1. The van der Waals surface area contributed by atoms with E-state index in [4.69, 9.17) is 29.7 Å². The molecule has 5 N–H and O–H groups in total. The lowest BCUT2D eigenvalue weighted by atomic mass is 10.1. The van der Waals surface area contributed by atoms with Crippen molar-refractivity contribution in [1.82, 2.24) is 5.32 Å². The van der Waals surface area contributed by atoms with Gasteiger partial charge in [-0.25, -0.2) is 13.7 Å². The number of carbonyl (C=O) groups excluding carboxylic acids is 1. The van der Waals surface area contributed by atoms with Crippen LogP contribution in [0.3, 0.4) is 0 Å². The van der Waals surface area contributed by atoms with Crippen molar-refractivity contribution >= 4 is 29.4 Å². The van der Waals surface area contributed by atoms with Gasteiger partial charge in [0.05, 0.1) is 18.8 Å². The van der Waals surface area contributed by atoms with Crippen LogP contribution in [0.5, 0.6) is 0 Å². The summed E-state index contributed by atoms with van der Waals surface area (Å²) in [6.07, 6.45) is -2.82. The second-order valence-corrected chi connectivity index (χ2v) is 10.6. The van der Waals surface area contributed by atoms with Crippen LogP contribution in [-0.2, 0) is 41.1 Å². The Kier molecular flexibility index (Phi) is 10.7. The van der Waals surface area contributed by atoms with Crippen LogP contribution >= 0.6 is 23.5 Å². The monoisotopic (exact) mass is 512 g/mol. The largest absolute Gasteiger partial charge is 0.490 e. The van der Waals surface area contributed by atoms with E-state index in [2.05, 4.69) is 28.5 Å². The first kappa shape index (κ1) is 28.1. The van der Waals surface area contributed by atoms with Gasteiger partial charge in [0.15, 0.2) is 0 Å². The molecule has 0 bridgehead atoms. The summed E-state index contributed by atoms with van der Waals surface area (Å²) in [6.45, 7) is 2.40. The third-order valence-electron chi connectivity index (χ3n) is 3.48. The zero-order chi connectivity index (χ0) is 23.9. The maximum absolute atomic E-state index is 11.8. The maximum Gasteiger partial charge on any atom is 0.490 e. The molecular weight excluding hydrogens is 489 g/mol. The maximum atomic E-state index is 11.8. The average Bonchev–Trinajstić information content (AvgIpc) is 2.89. The van der Waals surface area contributed by atoms with E-state index in [9.17, 15) is 23.4 Å². The number of hydrogen-bond acceptors (Lipinski definition) is 10. The van der Waals surface area contributed by atoms with E-state index in [1.165, 1.54) is 6.92 Å². The summed E-state index contributed by atoms with van der Waals surface area (Å²) >= 11 is 0. The summed E-state index contributed by atoms with van der Waals surface area (Å²) in [5, 5.41) is 5.96. The average molecular weight is 512 g/mol. The van der Waals surface area contributed by atoms with Gasteiger partial charge in [-0.2, -0.15) is 8.62 Å². The molecule has 0 radical (unpaired) electrons. The SMILES string of the molecule is CC(=O)NCCC(N=[N+]=[N-])OC1C[C@H](C)O[C@@H]1COP(=O)(O)OP(=O)(O)OP(=O)(O)O. The molecule has 1 fully saturated rings. The van der Waals surface area contributed by atoms with E-state index in [-0.39, 0.29) is 25.3 Å². The topological polar surface area (TPSA) is 256 Å². The highest BCUT2D eigenvalue weighted by Crippen LogP contribution is 2.66. The van der Waals surface area contributed by atoms with Gasteiger partial charge in [-0.05, 0) is 18.9 Å². The summed E-state index contributed by atoms with van der Waals surface area (Å²) in [6, 6.07) is 0. The van der Waals surface area contributed by atoms with E-state index in [1.807, 2.05) is 0 Å². The molecule has 0 aromatic heterocycles. The number of phosphoric acid groups is 3. The molecule has 0 aromatic carbocycles. The Morgan fingerprint density at radius 2 is 1.90 bits per heavy atom. The van der Waals surface area contributed by atoms with E-state index in [0.717, 1.165) is 0 Å². The standard InChI is InChI=1S/C11H23N4O13P3/c1-7-5-9(26-11(14-15-12)3-4-13-8(2)16)10(25-7)6-24-30(20,21)28-31(22,23)27-29(17,18)19/h7,9-11H,3-6H2,1-2H3,(H,13,16)(H,20,21)(H,22,23)(H2,17,18,19)/t7-,9?,10+,11?/m0/s1. The highest BCUT2D eigenvalue weighted by Gasteiger charge is 2.42. The molecule has 1 heterocycles. The quantitative estimate of drug-likeness (QED) is 0.100. The van der Waals surface area contributed by atoms with Gasteiger partial charge in [-0.3, -0.25) is 9.32 Å². The number of amides is 1. The zero-order valence-corrected chi connectivity index (χ0v) is 19.0. The van der Waals surface area contributed by atoms with E-state index < -0.39 is 54.6 Å². The highest BCUT2D eigenvalue weighted by atomic mass is 31.3.